The molecule has 4 rings (SSSR count). The number of aromatic nitrogens is 2. The molecular weight excluding hydrogens is 499 g/mol. The maximum atomic E-state index is 12.9. The van der Waals surface area contributed by atoms with Gasteiger partial charge in [0.1, 0.15) is 0 Å². The molecule has 1 amide bonds. The minimum atomic E-state index is -4.43. The van der Waals surface area contributed by atoms with Gasteiger partial charge in [-0.25, -0.2) is 10.4 Å². The van der Waals surface area contributed by atoms with Gasteiger partial charge < -0.3 is 9.88 Å². The summed E-state index contributed by atoms with van der Waals surface area (Å²) in [6, 6.07) is 13.2. The molecule has 0 fully saturated rings. The standard InChI is InChI=1S/C27H26F3N5OS/c1-16-8-17(2)10-24(9-16)35-18(3)11-20(19(35)4)14-31-34-25(36)13-23-15-37-26(33-23)32-22-7-5-6-21(12-22)27(28,29)30/h5-12,14-15H,13H2,1-4H3,(H,32,33)(H,34,36)/b31-14-. The molecule has 2 aromatic carbocycles. The highest BCUT2D eigenvalue weighted by Crippen LogP contribution is 2.32. The number of nitrogens with one attached hydrogen (secondary N) is 2. The molecule has 2 aromatic heterocycles. The van der Waals surface area contributed by atoms with Crippen LogP contribution in [0.25, 0.3) is 5.69 Å². The highest BCUT2D eigenvalue weighted by atomic mass is 32.1. The molecule has 0 atom stereocenters. The van der Waals surface area contributed by atoms with Gasteiger partial charge in [-0.1, -0.05) is 12.1 Å². The number of carbonyl (C=O) groups is 1. The molecule has 6 nitrogen and oxygen atoms in total. The minimum Gasteiger partial charge on any atom is -0.332 e. The Morgan fingerprint density at radius 3 is 2.51 bits per heavy atom. The van der Waals surface area contributed by atoms with Crippen LogP contribution < -0.4 is 10.7 Å². The number of aryl methyl sites for hydroxylation is 3. The predicted molar refractivity (Wildman–Crippen MR) is 141 cm³/mol. The Hall–Kier alpha value is -3.92. The lowest BCUT2D eigenvalue weighted by atomic mass is 10.1. The summed E-state index contributed by atoms with van der Waals surface area (Å²) in [6.07, 6.45) is -2.83. The van der Waals surface area contributed by atoms with Crippen molar-refractivity contribution in [2.45, 2.75) is 40.3 Å². The number of hydrogen-bond donors (Lipinski definition) is 2. The van der Waals surface area contributed by atoms with Crippen molar-refractivity contribution >= 4 is 34.3 Å². The number of carbonyl (C=O) groups excluding carboxylic acids is 1. The van der Waals surface area contributed by atoms with E-state index in [4.69, 9.17) is 0 Å². The van der Waals surface area contributed by atoms with Gasteiger partial charge in [0, 0.05) is 33.7 Å². The first-order valence-electron chi connectivity index (χ1n) is 11.5. The van der Waals surface area contributed by atoms with Crippen molar-refractivity contribution in [3.05, 3.63) is 93.2 Å². The first-order valence-corrected chi connectivity index (χ1v) is 12.4. The average Bonchev–Trinajstić information content (AvgIpc) is 3.35. The van der Waals surface area contributed by atoms with E-state index < -0.39 is 11.7 Å². The van der Waals surface area contributed by atoms with Crippen molar-refractivity contribution in [3.63, 3.8) is 0 Å². The van der Waals surface area contributed by atoms with Crippen LogP contribution in [0.15, 0.2) is 59.0 Å². The largest absolute Gasteiger partial charge is 0.416 e. The third-order valence-electron chi connectivity index (χ3n) is 5.66. The van der Waals surface area contributed by atoms with Crippen LogP contribution in [0.2, 0.25) is 0 Å². The monoisotopic (exact) mass is 525 g/mol. The Kier molecular flexibility index (Phi) is 7.49. The lowest BCUT2D eigenvalue weighted by Crippen LogP contribution is -2.20. The molecule has 4 aromatic rings. The molecule has 0 aliphatic heterocycles. The van der Waals surface area contributed by atoms with E-state index in [1.807, 2.05) is 19.9 Å². The third-order valence-corrected chi connectivity index (χ3v) is 6.47. The summed E-state index contributed by atoms with van der Waals surface area (Å²) >= 11 is 1.20. The zero-order chi connectivity index (χ0) is 26.7. The minimum absolute atomic E-state index is 0.0142. The molecule has 37 heavy (non-hydrogen) atoms. The number of thiazole rings is 1. The molecule has 2 N–H and O–H groups in total. The Labute approximate surface area is 216 Å². The van der Waals surface area contributed by atoms with E-state index in [0.29, 0.717) is 10.8 Å². The smallest absolute Gasteiger partial charge is 0.332 e. The number of hydrogen-bond acceptors (Lipinski definition) is 5. The summed E-state index contributed by atoms with van der Waals surface area (Å²) in [5.74, 6) is -0.352. The number of alkyl halides is 3. The molecule has 0 bridgehead atoms. The van der Waals surface area contributed by atoms with E-state index >= 15 is 0 Å². The molecule has 0 saturated carbocycles. The molecule has 192 valence electrons. The van der Waals surface area contributed by atoms with Crippen molar-refractivity contribution in [1.29, 1.82) is 0 Å². The molecule has 0 saturated heterocycles. The quantitative estimate of drug-likeness (QED) is 0.210. The summed E-state index contributed by atoms with van der Waals surface area (Å²) in [5, 5.41) is 9.03. The fourth-order valence-corrected chi connectivity index (χ4v) is 4.85. The second kappa shape index (κ2) is 10.6. The summed E-state index contributed by atoms with van der Waals surface area (Å²) in [5.41, 5.74) is 8.91. The zero-order valence-corrected chi connectivity index (χ0v) is 21.6. The SMILES string of the molecule is Cc1cc(C)cc(-n2c(C)cc(/C=N\NC(=O)Cc3csc(Nc4cccc(C(F)(F)F)c4)n3)c2C)c1. The van der Waals surface area contributed by atoms with E-state index in [0.717, 1.165) is 34.8 Å². The van der Waals surface area contributed by atoms with Crippen molar-refractivity contribution in [3.8, 4) is 5.69 Å². The fourth-order valence-electron chi connectivity index (χ4n) is 4.12. The van der Waals surface area contributed by atoms with Crippen LogP contribution in [0.3, 0.4) is 0 Å². The first-order chi connectivity index (χ1) is 17.5. The van der Waals surface area contributed by atoms with Gasteiger partial charge in [0.15, 0.2) is 5.13 Å². The summed E-state index contributed by atoms with van der Waals surface area (Å²) < 4.78 is 40.9. The lowest BCUT2D eigenvalue weighted by molar-refractivity contribution is -0.137. The second-order valence-corrected chi connectivity index (χ2v) is 9.68. The maximum absolute atomic E-state index is 12.9. The Morgan fingerprint density at radius 1 is 1.08 bits per heavy atom. The van der Waals surface area contributed by atoms with Gasteiger partial charge in [-0.15, -0.1) is 11.3 Å². The molecule has 0 aliphatic carbocycles. The van der Waals surface area contributed by atoms with Gasteiger partial charge in [-0.05, 0) is 75.2 Å². The number of hydrazone groups is 1. The van der Waals surface area contributed by atoms with E-state index in [9.17, 15) is 18.0 Å². The van der Waals surface area contributed by atoms with Crippen LogP contribution in [-0.4, -0.2) is 21.7 Å². The van der Waals surface area contributed by atoms with Gasteiger partial charge in [-0.3, -0.25) is 4.79 Å². The molecular formula is C27H26F3N5OS. The van der Waals surface area contributed by atoms with Gasteiger partial charge in [0.25, 0.3) is 0 Å². The van der Waals surface area contributed by atoms with Gasteiger partial charge >= 0.3 is 6.18 Å². The molecule has 0 aliphatic rings. The van der Waals surface area contributed by atoms with Crippen LogP contribution in [0.1, 0.15) is 39.3 Å². The molecule has 2 heterocycles. The van der Waals surface area contributed by atoms with Crippen molar-refractivity contribution in [2.24, 2.45) is 5.10 Å². The van der Waals surface area contributed by atoms with Gasteiger partial charge in [0.05, 0.1) is 23.9 Å². The van der Waals surface area contributed by atoms with Crippen molar-refractivity contribution in [1.82, 2.24) is 15.0 Å². The van der Waals surface area contributed by atoms with Crippen molar-refractivity contribution in [2.75, 3.05) is 5.32 Å². The van der Waals surface area contributed by atoms with Gasteiger partial charge in [-0.2, -0.15) is 18.3 Å². The zero-order valence-electron chi connectivity index (χ0n) is 20.8. The van der Waals surface area contributed by atoms with Gasteiger partial charge in [0.2, 0.25) is 5.91 Å². The average molecular weight is 526 g/mol. The number of benzene rings is 2. The highest BCUT2D eigenvalue weighted by Gasteiger charge is 2.30. The third kappa shape index (κ3) is 6.45. The molecule has 10 heteroatoms. The number of amides is 1. The Bertz CT molecular complexity index is 1450. The van der Waals surface area contributed by atoms with E-state index in [1.54, 1.807) is 11.6 Å². The van der Waals surface area contributed by atoms with Crippen LogP contribution in [0.5, 0.6) is 0 Å². The van der Waals surface area contributed by atoms with Crippen LogP contribution in [0, 0.1) is 27.7 Å². The van der Waals surface area contributed by atoms with Crippen LogP contribution in [-0.2, 0) is 17.4 Å². The Morgan fingerprint density at radius 2 is 1.81 bits per heavy atom. The number of nitrogens with zero attached hydrogens (tertiary/aromatic N) is 3. The fraction of sp³-hybridized carbons (Fsp3) is 0.222. The Balaban J connectivity index is 1.37. The van der Waals surface area contributed by atoms with Crippen molar-refractivity contribution < 1.29 is 18.0 Å². The second-order valence-electron chi connectivity index (χ2n) is 8.83. The number of rotatable bonds is 7. The molecule has 0 unspecified atom stereocenters. The summed E-state index contributed by atoms with van der Waals surface area (Å²) in [4.78, 5) is 16.7. The van der Waals surface area contributed by atoms with E-state index in [-0.39, 0.29) is 18.0 Å². The first kappa shape index (κ1) is 26.2. The summed E-state index contributed by atoms with van der Waals surface area (Å²) in [6.45, 7) is 8.15. The van der Waals surface area contributed by atoms with E-state index in [2.05, 4.69) is 57.4 Å². The number of halogens is 3. The lowest BCUT2D eigenvalue weighted by Gasteiger charge is -2.11. The normalized spacial score (nSPS) is 11.8. The maximum Gasteiger partial charge on any atom is 0.416 e. The topological polar surface area (TPSA) is 71.3 Å². The highest BCUT2D eigenvalue weighted by molar-refractivity contribution is 7.13. The van der Waals surface area contributed by atoms with Crippen LogP contribution >= 0.6 is 11.3 Å². The van der Waals surface area contributed by atoms with Crippen LogP contribution in [0.4, 0.5) is 24.0 Å². The number of anilines is 2. The molecule has 0 radical (unpaired) electrons. The van der Waals surface area contributed by atoms with E-state index in [1.165, 1.54) is 34.6 Å². The summed E-state index contributed by atoms with van der Waals surface area (Å²) in [7, 11) is 0. The molecule has 0 spiro atoms. The predicted octanol–water partition coefficient (Wildman–Crippen LogP) is 6.62.